The minimum Gasteiger partial charge on any atom is -0.493 e. The van der Waals surface area contributed by atoms with E-state index in [1.807, 2.05) is 20.8 Å². The molecule has 0 spiro atoms. The number of carbonyl (C=O) groups is 2. The van der Waals surface area contributed by atoms with Gasteiger partial charge in [-0.15, -0.1) is 0 Å². The molecule has 1 saturated carbocycles. The number of ether oxygens (including phenoxy) is 4. The summed E-state index contributed by atoms with van der Waals surface area (Å²) in [6, 6.07) is 14.9. The maximum atomic E-state index is 14.5. The average Bonchev–Trinajstić information content (AvgIpc) is 3.80. The molecule has 0 radical (unpaired) electrons. The van der Waals surface area contributed by atoms with Crippen molar-refractivity contribution >= 4 is 28.6 Å². The Morgan fingerprint density at radius 3 is 2.32 bits per heavy atom. The fourth-order valence-electron chi connectivity index (χ4n) is 4.68. The summed E-state index contributed by atoms with van der Waals surface area (Å²) in [6.45, 7) is 5.61. The average molecular weight is 603 g/mol. The fourth-order valence-corrected chi connectivity index (χ4v) is 4.68. The molecule has 1 N–H and O–H groups in total. The summed E-state index contributed by atoms with van der Waals surface area (Å²) in [4.78, 5) is 35.8. The van der Waals surface area contributed by atoms with E-state index in [1.165, 1.54) is 18.5 Å². The Balaban J connectivity index is 1.23. The second-order valence-electron chi connectivity index (χ2n) is 11.6. The maximum absolute atomic E-state index is 14.5. The Kier molecular flexibility index (Phi) is 8.84. The summed E-state index contributed by atoms with van der Waals surface area (Å²) >= 11 is 0. The van der Waals surface area contributed by atoms with Gasteiger partial charge in [0.2, 0.25) is 11.8 Å². The molecule has 0 saturated heterocycles. The second-order valence-corrected chi connectivity index (χ2v) is 11.6. The van der Waals surface area contributed by atoms with Crippen LogP contribution in [0.3, 0.4) is 0 Å². The Bertz CT molecular complexity index is 1670. The largest absolute Gasteiger partial charge is 0.493 e. The number of aromatic nitrogens is 2. The lowest BCUT2D eigenvalue weighted by Gasteiger charge is -2.27. The van der Waals surface area contributed by atoms with Crippen molar-refractivity contribution in [2.45, 2.75) is 58.2 Å². The minimum atomic E-state index is -0.636. The van der Waals surface area contributed by atoms with E-state index in [0.717, 1.165) is 18.4 Å². The molecule has 5 rings (SSSR count). The Morgan fingerprint density at radius 2 is 1.66 bits per heavy atom. The standard InChI is InChI=1S/C33H35FN4O6/c1-33(2,3)44-32(40)38(24-8-9-24)18-21-12-22(34)15-23(13-21)37-30(39)14-20-6-10-25(11-7-20)43-31-26-16-28(41-4)29(42-5)17-27(26)35-19-36-31/h6-7,10-13,15-17,19,24H,8-9,14,18H2,1-5H3,(H,37,39). The molecule has 4 aromatic rings. The van der Waals surface area contributed by atoms with Gasteiger partial charge in [-0.3, -0.25) is 4.79 Å². The highest BCUT2D eigenvalue weighted by Crippen LogP contribution is 2.36. The lowest BCUT2D eigenvalue weighted by Crippen LogP contribution is -2.37. The summed E-state index contributed by atoms with van der Waals surface area (Å²) in [7, 11) is 3.10. The van der Waals surface area contributed by atoms with E-state index in [9.17, 15) is 14.0 Å². The highest BCUT2D eigenvalue weighted by atomic mass is 19.1. The number of halogens is 1. The molecular weight excluding hydrogens is 567 g/mol. The first kappa shape index (κ1) is 30.5. The van der Waals surface area contributed by atoms with Crippen molar-refractivity contribution < 1.29 is 32.9 Å². The predicted octanol–water partition coefficient (Wildman–Crippen LogP) is 6.66. The van der Waals surface area contributed by atoms with Gasteiger partial charge < -0.3 is 29.2 Å². The van der Waals surface area contributed by atoms with Crippen LogP contribution in [0.25, 0.3) is 10.9 Å². The number of hydrogen-bond donors (Lipinski definition) is 1. The first-order valence-corrected chi connectivity index (χ1v) is 14.2. The second kappa shape index (κ2) is 12.7. The summed E-state index contributed by atoms with van der Waals surface area (Å²) in [5, 5.41) is 3.42. The zero-order valence-electron chi connectivity index (χ0n) is 25.3. The van der Waals surface area contributed by atoms with Crippen molar-refractivity contribution in [3.63, 3.8) is 0 Å². The fraction of sp³-hybridized carbons (Fsp3) is 0.333. The van der Waals surface area contributed by atoms with Gasteiger partial charge in [-0.2, -0.15) is 0 Å². The van der Waals surface area contributed by atoms with Crippen LogP contribution in [0.1, 0.15) is 44.7 Å². The normalized spacial score (nSPS) is 12.9. The zero-order valence-corrected chi connectivity index (χ0v) is 25.3. The maximum Gasteiger partial charge on any atom is 0.410 e. The number of carbonyl (C=O) groups excluding carboxylic acids is 2. The van der Waals surface area contributed by atoms with Crippen LogP contribution in [0, 0.1) is 5.82 Å². The van der Waals surface area contributed by atoms with Crippen molar-refractivity contribution in [2.75, 3.05) is 19.5 Å². The molecular formula is C33H35FN4O6. The van der Waals surface area contributed by atoms with Crippen LogP contribution < -0.4 is 19.5 Å². The van der Waals surface area contributed by atoms with E-state index >= 15 is 0 Å². The monoisotopic (exact) mass is 602 g/mol. The number of anilines is 1. The number of hydrogen-bond acceptors (Lipinski definition) is 8. The van der Waals surface area contributed by atoms with Crippen molar-refractivity contribution in [3.8, 4) is 23.1 Å². The number of nitrogens with one attached hydrogen (secondary N) is 1. The molecule has 1 heterocycles. The van der Waals surface area contributed by atoms with Crippen molar-refractivity contribution in [3.05, 3.63) is 77.9 Å². The number of fused-ring (bicyclic) bond motifs is 1. The van der Waals surface area contributed by atoms with Gasteiger partial charge in [-0.25, -0.2) is 19.2 Å². The smallest absolute Gasteiger partial charge is 0.410 e. The van der Waals surface area contributed by atoms with Gasteiger partial charge in [0.15, 0.2) is 11.5 Å². The van der Waals surface area contributed by atoms with Crippen LogP contribution in [0.5, 0.6) is 23.1 Å². The van der Waals surface area contributed by atoms with Crippen molar-refractivity contribution in [2.24, 2.45) is 0 Å². The Morgan fingerprint density at radius 1 is 0.955 bits per heavy atom. The minimum absolute atomic E-state index is 0.0612. The zero-order chi connectivity index (χ0) is 31.4. The highest BCUT2D eigenvalue weighted by molar-refractivity contribution is 5.92. The van der Waals surface area contributed by atoms with E-state index < -0.39 is 17.5 Å². The van der Waals surface area contributed by atoms with Gasteiger partial charge in [0.05, 0.1) is 31.5 Å². The molecule has 230 valence electrons. The van der Waals surface area contributed by atoms with Gasteiger partial charge in [0, 0.05) is 24.3 Å². The number of benzene rings is 3. The summed E-state index contributed by atoms with van der Waals surface area (Å²) < 4.78 is 36.8. The van der Waals surface area contributed by atoms with E-state index in [0.29, 0.717) is 45.3 Å². The topological polar surface area (TPSA) is 112 Å². The van der Waals surface area contributed by atoms with Gasteiger partial charge in [-0.05, 0) is 81.1 Å². The quantitative estimate of drug-likeness (QED) is 0.215. The van der Waals surface area contributed by atoms with Gasteiger partial charge in [0.1, 0.15) is 23.5 Å². The Labute approximate surface area is 255 Å². The first-order chi connectivity index (χ1) is 21.0. The number of nitrogens with zero attached hydrogens (tertiary/aromatic N) is 3. The predicted molar refractivity (Wildman–Crippen MR) is 163 cm³/mol. The highest BCUT2D eigenvalue weighted by Gasteiger charge is 2.35. The van der Waals surface area contributed by atoms with E-state index in [2.05, 4.69) is 15.3 Å². The molecule has 3 aromatic carbocycles. The van der Waals surface area contributed by atoms with Crippen LogP contribution in [0.2, 0.25) is 0 Å². The van der Waals surface area contributed by atoms with Gasteiger partial charge in [-0.1, -0.05) is 12.1 Å². The van der Waals surface area contributed by atoms with E-state index in [-0.39, 0.29) is 24.9 Å². The summed E-state index contributed by atoms with van der Waals surface area (Å²) in [5.74, 6) is 1.11. The first-order valence-electron chi connectivity index (χ1n) is 14.2. The molecule has 2 amide bonds. The molecule has 0 unspecified atom stereocenters. The van der Waals surface area contributed by atoms with Crippen LogP contribution >= 0.6 is 0 Å². The molecule has 10 nitrogen and oxygen atoms in total. The molecule has 1 fully saturated rings. The molecule has 1 aromatic heterocycles. The third-order valence-electron chi connectivity index (χ3n) is 6.82. The van der Waals surface area contributed by atoms with Crippen LogP contribution in [-0.4, -0.2) is 52.7 Å². The van der Waals surface area contributed by atoms with Gasteiger partial charge in [0.25, 0.3) is 0 Å². The third-order valence-corrected chi connectivity index (χ3v) is 6.82. The number of methoxy groups -OCH3 is 2. The van der Waals surface area contributed by atoms with Crippen molar-refractivity contribution in [1.29, 1.82) is 0 Å². The molecule has 11 heteroatoms. The summed E-state index contributed by atoms with van der Waals surface area (Å²) in [6.07, 6.45) is 2.78. The third kappa shape index (κ3) is 7.71. The van der Waals surface area contributed by atoms with Crippen LogP contribution in [0.15, 0.2) is 60.9 Å². The number of amides is 2. The molecule has 44 heavy (non-hydrogen) atoms. The lowest BCUT2D eigenvalue weighted by atomic mass is 10.1. The van der Waals surface area contributed by atoms with Gasteiger partial charge >= 0.3 is 6.09 Å². The van der Waals surface area contributed by atoms with E-state index in [1.54, 1.807) is 61.6 Å². The van der Waals surface area contributed by atoms with Crippen molar-refractivity contribution in [1.82, 2.24) is 14.9 Å². The summed E-state index contributed by atoms with van der Waals surface area (Å²) in [5.41, 5.74) is 1.60. The molecule has 1 aliphatic rings. The molecule has 0 bridgehead atoms. The van der Waals surface area contributed by atoms with E-state index in [4.69, 9.17) is 18.9 Å². The SMILES string of the molecule is COc1cc2ncnc(Oc3ccc(CC(=O)Nc4cc(F)cc(CN(C(=O)OC(C)(C)C)C5CC5)c4)cc3)c2cc1OC. The van der Waals surface area contributed by atoms with Crippen LogP contribution in [0.4, 0.5) is 14.9 Å². The molecule has 0 atom stereocenters. The molecule has 0 aliphatic heterocycles. The Hall–Kier alpha value is -4.93. The lowest BCUT2D eigenvalue weighted by molar-refractivity contribution is -0.115. The number of rotatable bonds is 10. The van der Waals surface area contributed by atoms with Crippen LogP contribution in [-0.2, 0) is 22.5 Å². The molecule has 1 aliphatic carbocycles.